The maximum Gasteiger partial charge on any atom is 0.267 e. The lowest BCUT2D eigenvalue weighted by molar-refractivity contribution is 0.0944. The van der Waals surface area contributed by atoms with E-state index >= 15 is 0 Å². The molecule has 0 spiro atoms. The van der Waals surface area contributed by atoms with E-state index in [9.17, 15) is 17.6 Å². The number of benzene rings is 1. The molecule has 0 radical (unpaired) electrons. The molecule has 0 aliphatic heterocycles. The summed E-state index contributed by atoms with van der Waals surface area (Å²) in [6, 6.07) is 7.11. The Bertz CT molecular complexity index is 847. The third kappa shape index (κ3) is 5.30. The van der Waals surface area contributed by atoms with E-state index in [0.29, 0.717) is 31.7 Å². The number of aromatic nitrogens is 1. The fraction of sp³-hybridized carbons (Fsp3) is 0.353. The molecular formula is C17H22FN3O4S. The van der Waals surface area contributed by atoms with Gasteiger partial charge in [0.25, 0.3) is 5.91 Å². The maximum absolute atomic E-state index is 12.8. The zero-order chi connectivity index (χ0) is 19.2. The Labute approximate surface area is 152 Å². The monoisotopic (exact) mass is 383 g/mol. The lowest BCUT2D eigenvalue weighted by atomic mass is 10.3. The summed E-state index contributed by atoms with van der Waals surface area (Å²) < 4.78 is 45.5. The van der Waals surface area contributed by atoms with Gasteiger partial charge in [0, 0.05) is 19.8 Å². The van der Waals surface area contributed by atoms with E-state index < -0.39 is 10.0 Å². The third-order valence-corrected chi connectivity index (χ3v) is 5.11. The third-order valence-electron chi connectivity index (χ3n) is 3.73. The first-order valence-electron chi connectivity index (χ1n) is 8.10. The topological polar surface area (TPSA) is 89.4 Å². The second kappa shape index (κ2) is 8.81. The number of hydrogen-bond acceptors (Lipinski definition) is 4. The van der Waals surface area contributed by atoms with Crippen LogP contribution in [-0.4, -0.2) is 39.1 Å². The van der Waals surface area contributed by atoms with Crippen LogP contribution in [0.5, 0.6) is 5.75 Å². The summed E-state index contributed by atoms with van der Waals surface area (Å²) in [6.45, 7) is 0.890. The molecule has 0 saturated carbocycles. The van der Waals surface area contributed by atoms with Crippen molar-refractivity contribution in [1.29, 1.82) is 0 Å². The molecule has 7 nitrogen and oxygen atoms in total. The van der Waals surface area contributed by atoms with E-state index in [2.05, 4.69) is 10.0 Å². The van der Waals surface area contributed by atoms with Crippen LogP contribution in [0.2, 0.25) is 0 Å². The van der Waals surface area contributed by atoms with Gasteiger partial charge >= 0.3 is 0 Å². The molecule has 0 fully saturated rings. The second-order valence-corrected chi connectivity index (χ2v) is 7.53. The first-order valence-corrected chi connectivity index (χ1v) is 9.58. The molecule has 0 atom stereocenters. The van der Waals surface area contributed by atoms with Crippen LogP contribution in [0.25, 0.3) is 0 Å². The number of halogens is 1. The Morgan fingerprint density at radius 3 is 2.58 bits per heavy atom. The summed E-state index contributed by atoms with van der Waals surface area (Å²) in [7, 11) is -0.659. The number of aryl methyl sites for hydroxylation is 1. The van der Waals surface area contributed by atoms with Crippen molar-refractivity contribution in [3.05, 3.63) is 48.0 Å². The molecule has 1 amide bonds. The molecule has 1 heterocycles. The van der Waals surface area contributed by atoms with Gasteiger partial charge < -0.3 is 14.6 Å². The fourth-order valence-corrected chi connectivity index (χ4v) is 3.06. The summed E-state index contributed by atoms with van der Waals surface area (Å²) in [5.74, 6) is -0.0616. The van der Waals surface area contributed by atoms with Crippen LogP contribution in [0.15, 0.2) is 41.4 Å². The highest BCUT2D eigenvalue weighted by Gasteiger charge is 2.18. The van der Waals surface area contributed by atoms with Gasteiger partial charge in [-0.25, -0.2) is 17.5 Å². The number of sulfonamides is 1. The largest absolute Gasteiger partial charge is 0.494 e. The van der Waals surface area contributed by atoms with Crippen molar-refractivity contribution >= 4 is 15.9 Å². The van der Waals surface area contributed by atoms with Crippen LogP contribution >= 0.6 is 0 Å². The van der Waals surface area contributed by atoms with E-state index in [1.54, 1.807) is 19.2 Å². The number of nitrogens with one attached hydrogen (secondary N) is 2. The van der Waals surface area contributed by atoms with Crippen molar-refractivity contribution in [3.8, 4) is 5.75 Å². The Hall–Kier alpha value is -2.39. The number of unbranched alkanes of at least 4 members (excludes halogenated alkanes) is 1. The van der Waals surface area contributed by atoms with Gasteiger partial charge in [-0.1, -0.05) is 0 Å². The first-order chi connectivity index (χ1) is 12.3. The van der Waals surface area contributed by atoms with Crippen LogP contribution < -0.4 is 14.8 Å². The van der Waals surface area contributed by atoms with Crippen LogP contribution in [0, 0.1) is 5.82 Å². The fourth-order valence-electron chi connectivity index (χ4n) is 2.27. The zero-order valence-electron chi connectivity index (χ0n) is 14.7. The highest BCUT2D eigenvalue weighted by Crippen LogP contribution is 2.13. The van der Waals surface area contributed by atoms with Gasteiger partial charge in [0.1, 0.15) is 22.2 Å². The average molecular weight is 383 g/mol. The van der Waals surface area contributed by atoms with Crippen LogP contribution in [0.1, 0.15) is 23.3 Å². The Balaban J connectivity index is 1.74. The van der Waals surface area contributed by atoms with Crippen molar-refractivity contribution in [2.75, 3.05) is 20.2 Å². The van der Waals surface area contributed by atoms with Gasteiger partial charge in [-0.2, -0.15) is 0 Å². The molecule has 2 N–H and O–H groups in total. The lowest BCUT2D eigenvalue weighted by Crippen LogP contribution is -2.26. The van der Waals surface area contributed by atoms with Crippen LogP contribution in [0.3, 0.4) is 0 Å². The van der Waals surface area contributed by atoms with Gasteiger partial charge in [0.05, 0.1) is 6.61 Å². The van der Waals surface area contributed by atoms with Gasteiger partial charge in [-0.05, 0) is 50.2 Å². The second-order valence-electron chi connectivity index (χ2n) is 5.64. The summed E-state index contributed by atoms with van der Waals surface area (Å²) in [4.78, 5) is 12.2. The molecule has 0 bridgehead atoms. The van der Waals surface area contributed by atoms with Crippen molar-refractivity contribution in [2.24, 2.45) is 7.05 Å². The van der Waals surface area contributed by atoms with Crippen molar-refractivity contribution in [2.45, 2.75) is 17.7 Å². The van der Waals surface area contributed by atoms with Crippen molar-refractivity contribution in [1.82, 2.24) is 14.6 Å². The van der Waals surface area contributed by atoms with Crippen LogP contribution in [-0.2, 0) is 17.1 Å². The summed E-state index contributed by atoms with van der Waals surface area (Å²) >= 11 is 0. The van der Waals surface area contributed by atoms with E-state index in [1.165, 1.54) is 36.0 Å². The van der Waals surface area contributed by atoms with Gasteiger partial charge in [0.2, 0.25) is 10.0 Å². The average Bonchev–Trinajstić information content (AvgIpc) is 3.02. The highest BCUT2D eigenvalue weighted by atomic mass is 32.2. The maximum atomic E-state index is 12.8. The molecule has 2 rings (SSSR count). The predicted molar refractivity (Wildman–Crippen MR) is 95.1 cm³/mol. The number of nitrogens with zero attached hydrogens (tertiary/aromatic N) is 1. The SMILES string of the molecule is CNS(=O)(=O)c1cc(C(=O)NCCCCOc2ccc(F)cc2)n(C)c1. The number of amides is 1. The molecule has 2 aromatic rings. The van der Waals surface area contributed by atoms with Crippen molar-refractivity contribution < 1.29 is 22.3 Å². The molecule has 9 heteroatoms. The van der Waals surface area contributed by atoms with E-state index in [4.69, 9.17) is 4.74 Å². The molecule has 1 aromatic carbocycles. The van der Waals surface area contributed by atoms with Crippen LogP contribution in [0.4, 0.5) is 4.39 Å². The number of ether oxygens (including phenoxy) is 1. The molecule has 142 valence electrons. The van der Waals surface area contributed by atoms with Crippen molar-refractivity contribution in [3.63, 3.8) is 0 Å². The van der Waals surface area contributed by atoms with Gasteiger partial charge in [-0.3, -0.25) is 4.79 Å². The molecule has 0 aliphatic carbocycles. The summed E-state index contributed by atoms with van der Waals surface area (Å²) in [5, 5.41) is 2.75. The smallest absolute Gasteiger partial charge is 0.267 e. The van der Waals surface area contributed by atoms with E-state index in [0.717, 1.165) is 0 Å². The van der Waals surface area contributed by atoms with Gasteiger partial charge in [-0.15, -0.1) is 0 Å². The highest BCUT2D eigenvalue weighted by molar-refractivity contribution is 7.89. The molecule has 0 unspecified atom stereocenters. The quantitative estimate of drug-likeness (QED) is 0.645. The Morgan fingerprint density at radius 2 is 1.92 bits per heavy atom. The molecule has 1 aromatic heterocycles. The number of carbonyl (C=O) groups is 1. The number of carbonyl (C=O) groups excluding carboxylic acids is 1. The minimum atomic E-state index is -3.59. The molecule has 0 aliphatic rings. The molecular weight excluding hydrogens is 361 g/mol. The first kappa shape index (κ1) is 19.9. The summed E-state index contributed by atoms with van der Waals surface area (Å²) in [5.41, 5.74) is 0.265. The number of rotatable bonds is 9. The van der Waals surface area contributed by atoms with E-state index in [1.807, 2.05) is 0 Å². The summed E-state index contributed by atoms with van der Waals surface area (Å²) in [6.07, 6.45) is 2.79. The predicted octanol–water partition coefficient (Wildman–Crippen LogP) is 1.66. The van der Waals surface area contributed by atoms with Gasteiger partial charge in [0.15, 0.2) is 0 Å². The lowest BCUT2D eigenvalue weighted by Gasteiger charge is -2.07. The standard InChI is InChI=1S/C17H22FN3O4S/c1-19-26(23,24)15-11-16(21(2)12-15)17(22)20-9-3-4-10-25-14-7-5-13(18)6-8-14/h5-8,11-12,19H,3-4,9-10H2,1-2H3,(H,20,22). The minimum Gasteiger partial charge on any atom is -0.494 e. The number of hydrogen-bond donors (Lipinski definition) is 2. The molecule has 26 heavy (non-hydrogen) atoms. The molecule has 0 saturated heterocycles. The Morgan fingerprint density at radius 1 is 1.23 bits per heavy atom. The minimum absolute atomic E-state index is 0.0420. The normalized spacial score (nSPS) is 11.3. The zero-order valence-corrected chi connectivity index (χ0v) is 15.5. The van der Waals surface area contributed by atoms with E-state index in [-0.39, 0.29) is 22.3 Å². The Kier molecular flexibility index (Phi) is 6.76.